The Morgan fingerprint density at radius 1 is 1.54 bits per heavy atom. The van der Waals surface area contributed by atoms with Gasteiger partial charge in [-0.3, -0.25) is 4.68 Å². The van der Waals surface area contributed by atoms with Crippen LogP contribution in [-0.4, -0.2) is 20.0 Å². The lowest BCUT2D eigenvalue weighted by Crippen LogP contribution is -1.91. The van der Waals surface area contributed by atoms with Crippen molar-refractivity contribution in [1.82, 2.24) is 20.0 Å². The Labute approximate surface area is 84.2 Å². The van der Waals surface area contributed by atoms with Crippen LogP contribution in [0.25, 0.3) is 10.6 Å². The van der Waals surface area contributed by atoms with Crippen molar-refractivity contribution in [2.45, 2.75) is 13.5 Å². The van der Waals surface area contributed by atoms with Crippen LogP contribution in [-0.2, 0) is 6.54 Å². The van der Waals surface area contributed by atoms with E-state index in [1.165, 1.54) is 11.3 Å². The van der Waals surface area contributed by atoms with E-state index in [4.69, 9.17) is 11.6 Å². The van der Waals surface area contributed by atoms with Crippen molar-refractivity contribution in [2.24, 2.45) is 0 Å². The number of aromatic nitrogens is 4. The summed E-state index contributed by atoms with van der Waals surface area (Å²) in [6, 6.07) is 0. The highest BCUT2D eigenvalue weighted by Crippen LogP contribution is 2.25. The minimum atomic E-state index is 0.458. The minimum Gasteiger partial charge on any atom is -0.272 e. The Bertz CT molecular complexity index is 408. The van der Waals surface area contributed by atoms with Gasteiger partial charge in [0.1, 0.15) is 0 Å². The number of nitrogens with zero attached hydrogens (tertiary/aromatic N) is 4. The molecular formula is C7H7ClN4S. The predicted octanol–water partition coefficient (Wildman–Crippen LogP) is 2.07. The molecule has 0 aromatic carbocycles. The molecule has 0 aliphatic carbocycles. The van der Waals surface area contributed by atoms with E-state index in [9.17, 15) is 0 Å². The van der Waals surface area contributed by atoms with Crippen LogP contribution in [0.5, 0.6) is 0 Å². The molecule has 0 amide bonds. The van der Waals surface area contributed by atoms with E-state index in [0.29, 0.717) is 4.47 Å². The molecule has 0 radical (unpaired) electrons. The third-order valence-corrected chi connectivity index (χ3v) is 2.67. The highest BCUT2D eigenvalue weighted by molar-refractivity contribution is 7.18. The predicted molar refractivity (Wildman–Crippen MR) is 51.8 cm³/mol. The van der Waals surface area contributed by atoms with Crippen molar-refractivity contribution in [3.63, 3.8) is 0 Å². The van der Waals surface area contributed by atoms with Crippen molar-refractivity contribution in [2.75, 3.05) is 0 Å². The van der Waals surface area contributed by atoms with E-state index in [1.54, 1.807) is 6.20 Å². The number of hydrogen-bond acceptors (Lipinski definition) is 4. The molecule has 0 bridgehead atoms. The van der Waals surface area contributed by atoms with E-state index in [-0.39, 0.29) is 0 Å². The normalized spacial score (nSPS) is 10.6. The fraction of sp³-hybridized carbons (Fsp3) is 0.286. The van der Waals surface area contributed by atoms with Gasteiger partial charge in [-0.15, -0.1) is 10.2 Å². The monoisotopic (exact) mass is 214 g/mol. The quantitative estimate of drug-likeness (QED) is 0.769. The van der Waals surface area contributed by atoms with Crippen molar-refractivity contribution >= 4 is 22.9 Å². The van der Waals surface area contributed by atoms with Gasteiger partial charge in [0.15, 0.2) is 5.01 Å². The first-order chi connectivity index (χ1) is 6.29. The lowest BCUT2D eigenvalue weighted by molar-refractivity contribution is 0.660. The largest absolute Gasteiger partial charge is 0.272 e. The molecule has 4 nitrogen and oxygen atoms in total. The maximum absolute atomic E-state index is 5.67. The molecule has 6 heteroatoms. The summed E-state index contributed by atoms with van der Waals surface area (Å²) in [4.78, 5) is 0. The van der Waals surface area contributed by atoms with Crippen LogP contribution in [0, 0.1) is 0 Å². The molecule has 0 saturated carbocycles. The third-order valence-electron chi connectivity index (χ3n) is 1.60. The highest BCUT2D eigenvalue weighted by atomic mass is 35.5. The summed E-state index contributed by atoms with van der Waals surface area (Å²) >= 11 is 7.02. The van der Waals surface area contributed by atoms with Gasteiger partial charge in [0.25, 0.3) is 0 Å². The Balaban J connectivity index is 2.35. The molecule has 0 spiro atoms. The van der Waals surface area contributed by atoms with Crippen molar-refractivity contribution in [3.05, 3.63) is 16.9 Å². The molecule has 0 aliphatic heterocycles. The Morgan fingerprint density at radius 3 is 2.92 bits per heavy atom. The zero-order valence-electron chi connectivity index (χ0n) is 6.94. The third kappa shape index (κ3) is 1.71. The number of halogens is 1. The molecule has 68 valence electrons. The fourth-order valence-electron chi connectivity index (χ4n) is 0.969. The van der Waals surface area contributed by atoms with E-state index in [0.717, 1.165) is 17.1 Å². The van der Waals surface area contributed by atoms with Crippen molar-refractivity contribution < 1.29 is 0 Å². The molecule has 0 fully saturated rings. The smallest absolute Gasteiger partial charge is 0.207 e. The number of hydrogen-bond donors (Lipinski definition) is 0. The van der Waals surface area contributed by atoms with Gasteiger partial charge < -0.3 is 0 Å². The van der Waals surface area contributed by atoms with Crippen LogP contribution in [0.4, 0.5) is 0 Å². The summed E-state index contributed by atoms with van der Waals surface area (Å²) in [7, 11) is 0. The van der Waals surface area contributed by atoms with Gasteiger partial charge in [-0.25, -0.2) is 0 Å². The van der Waals surface area contributed by atoms with E-state index < -0.39 is 0 Å². The molecular weight excluding hydrogens is 208 g/mol. The summed E-state index contributed by atoms with van der Waals surface area (Å²) in [6.07, 6.45) is 3.69. The maximum Gasteiger partial charge on any atom is 0.207 e. The zero-order chi connectivity index (χ0) is 9.26. The summed E-state index contributed by atoms with van der Waals surface area (Å²) < 4.78 is 2.30. The van der Waals surface area contributed by atoms with Crippen LogP contribution < -0.4 is 0 Å². The second-order valence-corrected chi connectivity index (χ2v) is 4.00. The molecule has 0 unspecified atom stereocenters. The fourth-order valence-corrected chi connectivity index (χ4v) is 1.77. The van der Waals surface area contributed by atoms with E-state index >= 15 is 0 Å². The maximum atomic E-state index is 5.67. The van der Waals surface area contributed by atoms with Crippen LogP contribution in [0.15, 0.2) is 12.4 Å². The molecule has 2 aromatic heterocycles. The van der Waals surface area contributed by atoms with Gasteiger partial charge in [0.05, 0.1) is 11.8 Å². The van der Waals surface area contributed by atoms with Crippen LogP contribution in [0.2, 0.25) is 4.47 Å². The van der Waals surface area contributed by atoms with Gasteiger partial charge in [-0.05, 0) is 18.5 Å². The summed E-state index contributed by atoms with van der Waals surface area (Å²) in [6.45, 7) is 2.89. The first kappa shape index (κ1) is 8.65. The van der Waals surface area contributed by atoms with Crippen molar-refractivity contribution in [1.29, 1.82) is 0 Å². The summed E-state index contributed by atoms with van der Waals surface area (Å²) in [5.74, 6) is 0. The molecule has 0 atom stereocenters. The molecule has 2 heterocycles. The van der Waals surface area contributed by atoms with Crippen molar-refractivity contribution in [3.8, 4) is 10.6 Å². The van der Waals surface area contributed by atoms with Gasteiger partial charge in [-0.1, -0.05) is 11.3 Å². The van der Waals surface area contributed by atoms with Gasteiger partial charge >= 0.3 is 0 Å². The Morgan fingerprint density at radius 2 is 2.38 bits per heavy atom. The zero-order valence-corrected chi connectivity index (χ0v) is 8.51. The van der Waals surface area contributed by atoms with Gasteiger partial charge in [-0.2, -0.15) is 5.10 Å². The Hall–Kier alpha value is -0.940. The Kier molecular flexibility index (Phi) is 2.28. The van der Waals surface area contributed by atoms with E-state index in [1.807, 2.05) is 17.8 Å². The summed E-state index contributed by atoms with van der Waals surface area (Å²) in [5.41, 5.74) is 0.964. The first-order valence-electron chi connectivity index (χ1n) is 3.81. The van der Waals surface area contributed by atoms with Crippen LogP contribution >= 0.6 is 22.9 Å². The second-order valence-electron chi connectivity index (χ2n) is 2.44. The first-order valence-corrected chi connectivity index (χ1v) is 5.01. The van der Waals surface area contributed by atoms with Gasteiger partial charge in [0.2, 0.25) is 4.47 Å². The van der Waals surface area contributed by atoms with Gasteiger partial charge in [0, 0.05) is 12.7 Å². The molecule has 13 heavy (non-hydrogen) atoms. The summed E-state index contributed by atoms with van der Waals surface area (Å²) in [5, 5.41) is 12.6. The lowest BCUT2D eigenvalue weighted by atomic mass is 10.4. The SMILES string of the molecule is CCn1cc(-c2nnc(Cl)s2)cn1. The standard InChI is InChI=1S/C7H7ClN4S/c1-2-12-4-5(3-9-12)6-10-11-7(8)13-6/h3-4H,2H2,1H3. The highest BCUT2D eigenvalue weighted by Gasteiger charge is 2.06. The second kappa shape index (κ2) is 3.43. The minimum absolute atomic E-state index is 0.458. The molecule has 0 N–H and O–H groups in total. The number of aryl methyl sites for hydroxylation is 1. The molecule has 2 aromatic rings. The molecule has 0 saturated heterocycles. The van der Waals surface area contributed by atoms with Crippen LogP contribution in [0.1, 0.15) is 6.92 Å². The van der Waals surface area contributed by atoms with E-state index in [2.05, 4.69) is 15.3 Å². The van der Waals surface area contributed by atoms with Crippen LogP contribution in [0.3, 0.4) is 0 Å². The average Bonchev–Trinajstić information content (AvgIpc) is 2.71. The lowest BCUT2D eigenvalue weighted by Gasteiger charge is -1.89. The molecule has 2 rings (SSSR count). The molecule has 0 aliphatic rings. The topological polar surface area (TPSA) is 43.6 Å². The average molecular weight is 215 g/mol. The number of rotatable bonds is 2.